The Labute approximate surface area is 59.5 Å². The smallest absolute Gasteiger partial charge is 0.726 e. The fraction of sp³-hybridized carbons (Fsp3) is 0. The molecule has 0 bridgehead atoms. The quantitative estimate of drug-likeness (QED) is 0.271. The van der Waals surface area contributed by atoms with E-state index in [1.165, 1.54) is 0 Å². The van der Waals surface area contributed by atoms with Crippen molar-refractivity contribution in [1.82, 2.24) is 6.15 Å². The zero-order valence-corrected chi connectivity index (χ0v) is 7.78. The van der Waals surface area contributed by atoms with Crippen LogP contribution in [0, 0.1) is 0 Å². The van der Waals surface area contributed by atoms with Gasteiger partial charge in [0.1, 0.15) is 0 Å². The molecule has 0 rings (SSSR count). The Bertz CT molecular complexity index is 95.6. The first kappa shape index (κ1) is 23.7. The molecule has 0 fully saturated rings. The van der Waals surface area contributed by atoms with Crippen molar-refractivity contribution in [3.05, 3.63) is 0 Å². The van der Waals surface area contributed by atoms with Crippen LogP contribution in [0.15, 0.2) is 0 Å². The van der Waals surface area contributed by atoms with Crippen LogP contribution in [0.3, 0.4) is 0 Å². The Morgan fingerprint density at radius 2 is 1.38 bits per heavy atom. The van der Waals surface area contributed by atoms with Gasteiger partial charge in [0.15, 0.2) is 0 Å². The number of hydrogen-bond donors (Lipinski definition) is 2. The van der Waals surface area contributed by atoms with Gasteiger partial charge in [-0.3, -0.25) is 4.55 Å². The molecule has 0 amide bonds. The maximum absolute atomic E-state index is 8.63. The summed E-state index contributed by atoms with van der Waals surface area (Å²) in [6.45, 7) is 0. The third kappa shape index (κ3) is 1100. The van der Waals surface area contributed by atoms with Gasteiger partial charge in [-0.15, -0.1) is 0 Å². The molecule has 0 heterocycles. The predicted octanol–water partition coefficient (Wildman–Crippen LogP) is -1.66. The van der Waals surface area contributed by atoms with Gasteiger partial charge in [0.2, 0.25) is 10.4 Å². The fourth-order valence-electron chi connectivity index (χ4n) is 0. The van der Waals surface area contributed by atoms with Crippen LogP contribution < -0.4 is 6.15 Å². The summed E-state index contributed by atoms with van der Waals surface area (Å²) in [7, 11) is -4.92. The summed E-state index contributed by atoms with van der Waals surface area (Å²) in [5.74, 6) is 0. The summed E-state index contributed by atoms with van der Waals surface area (Å²) in [4.78, 5) is 0. The molecule has 0 aliphatic heterocycles. The molecule has 1 radical (unpaired) electrons. The van der Waals surface area contributed by atoms with Gasteiger partial charge in [-0.05, 0) is 0 Å². The molecule has 0 aliphatic carbocycles. The zero-order chi connectivity index (χ0) is 4.50. The average molecular weight is 198 g/mol. The van der Waals surface area contributed by atoms with Gasteiger partial charge in [0, 0.05) is 0 Å². The first-order chi connectivity index (χ1) is 2.00. The van der Waals surface area contributed by atoms with E-state index in [1.807, 2.05) is 0 Å². The minimum atomic E-state index is -4.92. The summed E-state index contributed by atoms with van der Waals surface area (Å²) < 4.78 is 32.8. The molecule has 0 unspecified atom stereocenters. The SMILES string of the molecule is N.O.O=S(=O)([O-])O.[Zn+]. The minimum Gasteiger partial charge on any atom is -0.726 e. The molecule has 8 heavy (non-hydrogen) atoms. The Balaban J connectivity index is -0.0000000267. The second-order valence-corrected chi connectivity index (χ2v) is 1.28. The molecule has 0 aliphatic rings. The maximum Gasteiger partial charge on any atom is 1.00 e. The monoisotopic (exact) mass is 196 g/mol. The number of rotatable bonds is 0. The van der Waals surface area contributed by atoms with E-state index in [0.29, 0.717) is 0 Å². The van der Waals surface area contributed by atoms with Gasteiger partial charge in [-0.25, -0.2) is 8.42 Å². The molecule has 8 heteroatoms. The van der Waals surface area contributed by atoms with Crippen LogP contribution in [0.1, 0.15) is 0 Å². The summed E-state index contributed by atoms with van der Waals surface area (Å²) in [6, 6.07) is 0. The predicted molar refractivity (Wildman–Crippen MR) is 21.0 cm³/mol. The molecule has 0 aromatic rings. The molecule has 6 N–H and O–H groups in total. The maximum atomic E-state index is 8.63. The Morgan fingerprint density at radius 1 is 1.38 bits per heavy atom. The standard InChI is InChI=1S/H3N.H2O4S.H2O.Zn/c;1-5(2,3)4;;/h1H3;(H2,1,2,3,4);1H2;/q;;;+1/p-1. The van der Waals surface area contributed by atoms with Crippen molar-refractivity contribution < 1.29 is 42.5 Å². The normalized spacial score (nSPS) is 7.25. The van der Waals surface area contributed by atoms with Crippen molar-refractivity contribution >= 4 is 10.4 Å². The van der Waals surface area contributed by atoms with E-state index in [1.54, 1.807) is 0 Å². The molecule has 6 nitrogen and oxygen atoms in total. The van der Waals surface area contributed by atoms with Gasteiger partial charge in [-0.2, -0.15) is 0 Å². The van der Waals surface area contributed by atoms with Crippen molar-refractivity contribution in [3.8, 4) is 0 Å². The molecule has 0 aromatic heterocycles. The van der Waals surface area contributed by atoms with Crippen LogP contribution in [0.4, 0.5) is 0 Å². The average Bonchev–Trinajstić information content (AvgIpc) is 0.722. The Morgan fingerprint density at radius 3 is 1.38 bits per heavy atom. The van der Waals surface area contributed by atoms with Crippen molar-refractivity contribution in [2.24, 2.45) is 0 Å². The number of hydrogen-bond acceptors (Lipinski definition) is 4. The van der Waals surface area contributed by atoms with Crippen molar-refractivity contribution in [2.45, 2.75) is 0 Å². The molecular weight excluding hydrogens is 191 g/mol. The fourth-order valence-corrected chi connectivity index (χ4v) is 0. The van der Waals surface area contributed by atoms with Crippen LogP contribution in [0.5, 0.6) is 0 Å². The van der Waals surface area contributed by atoms with Crippen LogP contribution in [0.25, 0.3) is 0 Å². The summed E-state index contributed by atoms with van der Waals surface area (Å²) in [5, 5.41) is 0. The van der Waals surface area contributed by atoms with E-state index < -0.39 is 10.4 Å². The zero-order valence-electron chi connectivity index (χ0n) is 3.99. The van der Waals surface area contributed by atoms with Gasteiger partial charge in [0.25, 0.3) is 0 Å². The van der Waals surface area contributed by atoms with Crippen molar-refractivity contribution in [2.75, 3.05) is 0 Å². The largest absolute Gasteiger partial charge is 1.00 e. The molecule has 0 atom stereocenters. The van der Waals surface area contributed by atoms with Gasteiger partial charge < -0.3 is 16.2 Å². The molecule has 0 aromatic carbocycles. The summed E-state index contributed by atoms with van der Waals surface area (Å²) >= 11 is 0. The van der Waals surface area contributed by atoms with Crippen molar-refractivity contribution in [1.29, 1.82) is 0 Å². The molecule has 0 saturated heterocycles. The topological polar surface area (TPSA) is 144 Å². The first-order valence-electron chi connectivity index (χ1n) is 0.683. The summed E-state index contributed by atoms with van der Waals surface area (Å²) in [6.07, 6.45) is 0. The minimum absolute atomic E-state index is 0. The molecular formula is H6NO5SZn. The van der Waals surface area contributed by atoms with E-state index >= 15 is 0 Å². The second-order valence-electron chi connectivity index (χ2n) is 0.428. The third-order valence-corrected chi connectivity index (χ3v) is 0. The van der Waals surface area contributed by atoms with E-state index in [0.717, 1.165) is 0 Å². The van der Waals surface area contributed by atoms with Gasteiger partial charge in [0.05, 0.1) is 0 Å². The second kappa shape index (κ2) is 7.41. The Hall–Kier alpha value is 0.413. The van der Waals surface area contributed by atoms with Gasteiger partial charge in [-0.1, -0.05) is 0 Å². The van der Waals surface area contributed by atoms with Crippen LogP contribution >= 0.6 is 0 Å². The molecule has 0 saturated carbocycles. The molecule has 49 valence electrons. The summed E-state index contributed by atoms with van der Waals surface area (Å²) in [5.41, 5.74) is 0. The van der Waals surface area contributed by atoms with E-state index in [-0.39, 0.29) is 31.1 Å². The first-order valence-corrected chi connectivity index (χ1v) is 2.05. The molecule has 0 spiro atoms. The van der Waals surface area contributed by atoms with Crippen LogP contribution in [0.2, 0.25) is 0 Å². The van der Waals surface area contributed by atoms with Crippen molar-refractivity contribution in [3.63, 3.8) is 0 Å². The van der Waals surface area contributed by atoms with Crippen LogP contribution in [-0.4, -0.2) is 23.0 Å². The van der Waals surface area contributed by atoms with E-state index in [4.69, 9.17) is 17.5 Å². The van der Waals surface area contributed by atoms with E-state index in [2.05, 4.69) is 0 Å². The van der Waals surface area contributed by atoms with Crippen LogP contribution in [-0.2, 0) is 29.9 Å². The van der Waals surface area contributed by atoms with Gasteiger partial charge >= 0.3 is 19.5 Å². The van der Waals surface area contributed by atoms with E-state index in [9.17, 15) is 0 Å². The third-order valence-electron chi connectivity index (χ3n) is 0. The Kier molecular flexibility index (Phi) is 22.0.